The molecule has 0 unspecified atom stereocenters. The molecule has 0 aliphatic carbocycles. The number of hydrogen-bond donors (Lipinski definition) is 1. The monoisotopic (exact) mass is 534 g/mol. The second kappa shape index (κ2) is 10.4. The minimum absolute atomic E-state index is 0.0533. The molecule has 30 heavy (non-hydrogen) atoms. The Morgan fingerprint density at radius 2 is 1.93 bits per heavy atom. The van der Waals surface area contributed by atoms with Gasteiger partial charge in [0.2, 0.25) is 0 Å². The smallest absolute Gasteiger partial charge is 0.271 e. The van der Waals surface area contributed by atoms with E-state index >= 15 is 0 Å². The number of ether oxygens (including phenoxy) is 2. The van der Waals surface area contributed by atoms with E-state index in [0.717, 1.165) is 4.47 Å². The fourth-order valence-electron chi connectivity index (χ4n) is 2.58. The summed E-state index contributed by atoms with van der Waals surface area (Å²) in [6, 6.07) is 16.9. The first-order chi connectivity index (χ1) is 14.5. The Kier molecular flexibility index (Phi) is 7.59. The van der Waals surface area contributed by atoms with E-state index in [0.29, 0.717) is 32.7 Å². The van der Waals surface area contributed by atoms with Gasteiger partial charge in [-0.3, -0.25) is 4.79 Å². The zero-order valence-electron chi connectivity index (χ0n) is 15.9. The summed E-state index contributed by atoms with van der Waals surface area (Å²) in [5, 5.41) is 3.99. The second-order valence-corrected chi connectivity index (χ2v) is 7.89. The summed E-state index contributed by atoms with van der Waals surface area (Å²) in [5.41, 5.74) is 4.07. The number of hydrazone groups is 1. The zero-order chi connectivity index (χ0) is 21.5. The van der Waals surface area contributed by atoms with Crippen LogP contribution in [0.3, 0.4) is 0 Å². The van der Waals surface area contributed by atoms with Crippen molar-refractivity contribution in [1.29, 1.82) is 0 Å². The van der Waals surface area contributed by atoms with Crippen molar-refractivity contribution in [2.45, 2.75) is 6.61 Å². The highest BCUT2D eigenvalue weighted by atomic mass is 79.9. The predicted octanol–water partition coefficient (Wildman–Crippen LogP) is 5.70. The van der Waals surface area contributed by atoms with Crippen molar-refractivity contribution in [3.63, 3.8) is 0 Å². The maximum absolute atomic E-state index is 13.8. The molecule has 0 aliphatic rings. The number of rotatable bonds is 7. The van der Waals surface area contributed by atoms with E-state index in [1.165, 1.54) is 19.4 Å². The maximum Gasteiger partial charge on any atom is 0.271 e. The van der Waals surface area contributed by atoms with Crippen molar-refractivity contribution in [1.82, 2.24) is 5.43 Å². The van der Waals surface area contributed by atoms with Crippen LogP contribution in [-0.2, 0) is 6.61 Å². The van der Waals surface area contributed by atoms with Gasteiger partial charge in [-0.05, 0) is 57.9 Å². The van der Waals surface area contributed by atoms with E-state index in [9.17, 15) is 9.18 Å². The van der Waals surface area contributed by atoms with E-state index < -0.39 is 0 Å². The average Bonchev–Trinajstić information content (AvgIpc) is 2.73. The Bertz CT molecular complexity index is 1090. The summed E-state index contributed by atoms with van der Waals surface area (Å²) in [6.45, 7) is 0.0533. The van der Waals surface area contributed by atoms with Crippen LogP contribution in [0.15, 0.2) is 74.7 Å². The summed E-state index contributed by atoms with van der Waals surface area (Å²) < 4.78 is 26.4. The lowest BCUT2D eigenvalue weighted by molar-refractivity contribution is 0.0955. The van der Waals surface area contributed by atoms with Crippen LogP contribution in [0.25, 0.3) is 0 Å². The maximum atomic E-state index is 13.8. The number of hydrogen-bond acceptors (Lipinski definition) is 4. The van der Waals surface area contributed by atoms with Gasteiger partial charge in [0, 0.05) is 15.6 Å². The molecule has 0 atom stereocenters. The number of halogens is 3. The van der Waals surface area contributed by atoms with Gasteiger partial charge in [0.05, 0.1) is 17.8 Å². The van der Waals surface area contributed by atoms with Gasteiger partial charge in [-0.15, -0.1) is 0 Å². The van der Waals surface area contributed by atoms with Crippen molar-refractivity contribution >= 4 is 44.0 Å². The molecule has 0 aromatic heterocycles. The van der Waals surface area contributed by atoms with Crippen molar-refractivity contribution in [3.05, 3.63) is 92.1 Å². The van der Waals surface area contributed by atoms with Crippen LogP contribution < -0.4 is 14.9 Å². The van der Waals surface area contributed by atoms with E-state index in [4.69, 9.17) is 9.47 Å². The molecule has 1 amide bonds. The Morgan fingerprint density at radius 3 is 2.67 bits per heavy atom. The molecule has 0 fully saturated rings. The number of benzene rings is 3. The quantitative estimate of drug-likeness (QED) is 0.312. The molecule has 1 N–H and O–H groups in total. The van der Waals surface area contributed by atoms with Crippen molar-refractivity contribution in [2.24, 2.45) is 5.10 Å². The molecule has 8 heteroatoms. The molecule has 0 saturated heterocycles. The highest BCUT2D eigenvalue weighted by molar-refractivity contribution is 9.10. The lowest BCUT2D eigenvalue weighted by Gasteiger charge is -2.14. The van der Waals surface area contributed by atoms with Crippen molar-refractivity contribution in [2.75, 3.05) is 7.11 Å². The minimum Gasteiger partial charge on any atom is -0.493 e. The molecule has 0 heterocycles. The number of carbonyl (C=O) groups excluding carboxylic acids is 1. The first-order valence-electron chi connectivity index (χ1n) is 8.80. The fraction of sp³-hybridized carbons (Fsp3) is 0.0909. The molecule has 0 radical (unpaired) electrons. The van der Waals surface area contributed by atoms with Crippen molar-refractivity contribution in [3.8, 4) is 11.5 Å². The lowest BCUT2D eigenvalue weighted by atomic mass is 10.2. The SMILES string of the molecule is COc1cc(/C=N\NC(=O)c2cccc(Br)c2)cc(Br)c1OCc1ccccc1F. The summed E-state index contributed by atoms with van der Waals surface area (Å²) in [6.07, 6.45) is 1.49. The average molecular weight is 536 g/mol. The highest BCUT2D eigenvalue weighted by Crippen LogP contribution is 2.37. The summed E-state index contributed by atoms with van der Waals surface area (Å²) in [5.74, 6) is 0.220. The Hall–Kier alpha value is -2.71. The Morgan fingerprint density at radius 1 is 1.13 bits per heavy atom. The van der Waals surface area contributed by atoms with Gasteiger partial charge in [0.15, 0.2) is 11.5 Å². The van der Waals surface area contributed by atoms with Crippen LogP contribution in [0, 0.1) is 5.82 Å². The van der Waals surface area contributed by atoms with Gasteiger partial charge in [0.25, 0.3) is 5.91 Å². The molecular formula is C22H17Br2FN2O3. The molecule has 3 rings (SSSR count). The number of nitrogens with zero attached hydrogens (tertiary/aromatic N) is 1. The highest BCUT2D eigenvalue weighted by Gasteiger charge is 2.13. The van der Waals surface area contributed by atoms with Crippen LogP contribution in [0.1, 0.15) is 21.5 Å². The lowest BCUT2D eigenvalue weighted by Crippen LogP contribution is -2.17. The summed E-state index contributed by atoms with van der Waals surface area (Å²) in [4.78, 5) is 12.1. The van der Waals surface area contributed by atoms with Gasteiger partial charge in [0.1, 0.15) is 12.4 Å². The molecule has 0 bridgehead atoms. The molecular weight excluding hydrogens is 519 g/mol. The normalized spacial score (nSPS) is 10.8. The van der Waals surface area contributed by atoms with Crippen LogP contribution in [0.2, 0.25) is 0 Å². The third kappa shape index (κ3) is 5.67. The van der Waals surface area contributed by atoms with Gasteiger partial charge in [-0.2, -0.15) is 5.10 Å². The number of amides is 1. The predicted molar refractivity (Wildman–Crippen MR) is 121 cm³/mol. The van der Waals surface area contributed by atoms with E-state index in [-0.39, 0.29) is 18.3 Å². The van der Waals surface area contributed by atoms with Crippen LogP contribution in [0.4, 0.5) is 4.39 Å². The first-order valence-corrected chi connectivity index (χ1v) is 10.4. The van der Waals surface area contributed by atoms with Crippen LogP contribution >= 0.6 is 31.9 Å². The van der Waals surface area contributed by atoms with E-state index in [1.807, 2.05) is 6.07 Å². The topological polar surface area (TPSA) is 59.9 Å². The molecule has 0 spiro atoms. The van der Waals surface area contributed by atoms with Gasteiger partial charge >= 0.3 is 0 Å². The number of nitrogens with one attached hydrogen (secondary N) is 1. The zero-order valence-corrected chi connectivity index (χ0v) is 19.0. The fourth-order valence-corrected chi connectivity index (χ4v) is 3.55. The Balaban J connectivity index is 1.71. The molecule has 3 aromatic rings. The largest absolute Gasteiger partial charge is 0.493 e. The standard InChI is InChI=1S/C22H17Br2FN2O3/c1-29-20-10-14(12-26-27-22(28)15-6-4-7-17(23)11-15)9-18(24)21(20)30-13-16-5-2-3-8-19(16)25/h2-12H,13H2,1H3,(H,27,28)/b26-12-. The minimum atomic E-state index is -0.336. The molecule has 154 valence electrons. The second-order valence-electron chi connectivity index (χ2n) is 6.12. The van der Waals surface area contributed by atoms with Crippen LogP contribution in [0.5, 0.6) is 11.5 Å². The van der Waals surface area contributed by atoms with Gasteiger partial charge in [-0.25, -0.2) is 9.82 Å². The summed E-state index contributed by atoms with van der Waals surface area (Å²) >= 11 is 6.77. The number of carbonyl (C=O) groups is 1. The van der Waals surface area contributed by atoms with Gasteiger partial charge in [-0.1, -0.05) is 40.2 Å². The van der Waals surface area contributed by atoms with Gasteiger partial charge < -0.3 is 9.47 Å². The third-order valence-electron chi connectivity index (χ3n) is 4.05. The van der Waals surface area contributed by atoms with Crippen molar-refractivity contribution < 1.29 is 18.7 Å². The van der Waals surface area contributed by atoms with Crippen LogP contribution in [-0.4, -0.2) is 19.2 Å². The molecule has 0 aliphatic heterocycles. The van der Waals surface area contributed by atoms with E-state index in [2.05, 4.69) is 42.4 Å². The molecule has 3 aromatic carbocycles. The number of methoxy groups -OCH3 is 1. The molecule has 0 saturated carbocycles. The Labute approximate surface area is 190 Å². The first kappa shape index (κ1) is 22.0. The van der Waals surface area contributed by atoms with E-state index in [1.54, 1.807) is 48.5 Å². The molecule has 5 nitrogen and oxygen atoms in total. The third-order valence-corrected chi connectivity index (χ3v) is 5.13. The summed E-state index contributed by atoms with van der Waals surface area (Å²) in [7, 11) is 1.51.